The van der Waals surface area contributed by atoms with Gasteiger partial charge in [0, 0.05) is 11.6 Å². The first kappa shape index (κ1) is 27.3. The first-order chi connectivity index (χ1) is 19.3. The number of rotatable bonds is 9. The maximum absolute atomic E-state index is 13.8. The summed E-state index contributed by atoms with van der Waals surface area (Å²) in [6, 6.07) is 5.87. The number of carbonyl (C=O) groups is 1. The van der Waals surface area contributed by atoms with E-state index in [1.165, 1.54) is 18.2 Å². The van der Waals surface area contributed by atoms with Crippen molar-refractivity contribution in [3.63, 3.8) is 0 Å². The van der Waals surface area contributed by atoms with E-state index >= 15 is 0 Å². The molecule has 10 nitrogen and oxygen atoms in total. The number of benzene rings is 1. The van der Waals surface area contributed by atoms with Crippen molar-refractivity contribution < 1.29 is 27.8 Å². The maximum Gasteiger partial charge on any atom is 0.320 e. The van der Waals surface area contributed by atoms with Crippen molar-refractivity contribution in [2.75, 3.05) is 6.61 Å². The molecule has 1 aromatic carbocycles. The summed E-state index contributed by atoms with van der Waals surface area (Å²) < 4.78 is 49.6. The van der Waals surface area contributed by atoms with E-state index < -0.39 is 25.1 Å². The fraction of sp³-hybridized carbons (Fsp3) is 0.370. The monoisotopic (exact) mass is 555 g/mol. The molecule has 0 bridgehead atoms. The largest absolute Gasteiger partial charge is 0.479 e. The van der Waals surface area contributed by atoms with Crippen LogP contribution in [0.15, 0.2) is 49.4 Å². The lowest BCUT2D eigenvalue weighted by Crippen LogP contribution is -2.37. The highest BCUT2D eigenvalue weighted by molar-refractivity contribution is 5.88. The van der Waals surface area contributed by atoms with Crippen molar-refractivity contribution >= 4 is 16.9 Å². The van der Waals surface area contributed by atoms with Gasteiger partial charge in [0.1, 0.15) is 29.1 Å². The zero-order valence-corrected chi connectivity index (χ0v) is 21.7. The number of pyridine rings is 1. The molecular formula is C27H28F3N7O3. The quantitative estimate of drug-likeness (QED) is 0.293. The lowest BCUT2D eigenvalue weighted by Gasteiger charge is -2.29. The second-order valence-corrected chi connectivity index (χ2v) is 9.65. The summed E-state index contributed by atoms with van der Waals surface area (Å²) in [4.78, 5) is 19.7. The highest BCUT2D eigenvalue weighted by atomic mass is 19.3. The van der Waals surface area contributed by atoms with Crippen LogP contribution in [0.4, 0.5) is 13.2 Å². The van der Waals surface area contributed by atoms with E-state index in [2.05, 4.69) is 32.2 Å². The van der Waals surface area contributed by atoms with Crippen molar-refractivity contribution in [2.45, 2.75) is 57.3 Å². The van der Waals surface area contributed by atoms with Gasteiger partial charge in [-0.05, 0) is 62.9 Å². The molecule has 13 heteroatoms. The molecule has 1 unspecified atom stereocenters. The molecule has 1 atom stereocenters. The highest BCUT2D eigenvalue weighted by Crippen LogP contribution is 2.38. The number of aliphatic hydroxyl groups excluding tert-OH is 1. The number of carbonyl (C=O) groups excluding carboxylic acids is 1. The van der Waals surface area contributed by atoms with Gasteiger partial charge < -0.3 is 15.2 Å². The third kappa shape index (κ3) is 5.41. The lowest BCUT2D eigenvalue weighted by molar-refractivity contribution is -0.117. The Morgan fingerprint density at radius 3 is 2.67 bits per heavy atom. The second kappa shape index (κ2) is 11.5. The zero-order valence-electron chi connectivity index (χ0n) is 21.7. The summed E-state index contributed by atoms with van der Waals surface area (Å²) in [6.07, 6.45) is 5.37. The molecule has 1 aliphatic rings. The minimum atomic E-state index is -2.89. The summed E-state index contributed by atoms with van der Waals surface area (Å²) in [5.41, 5.74) is 2.35. The molecule has 0 saturated heterocycles. The van der Waals surface area contributed by atoms with Crippen molar-refractivity contribution in [3.8, 4) is 17.0 Å². The predicted molar refractivity (Wildman–Crippen MR) is 139 cm³/mol. The molecule has 3 aromatic heterocycles. The molecule has 0 spiro atoms. The number of amides is 1. The highest BCUT2D eigenvalue weighted by Gasteiger charge is 2.27. The van der Waals surface area contributed by atoms with Crippen LogP contribution in [0.2, 0.25) is 0 Å². The van der Waals surface area contributed by atoms with Crippen LogP contribution in [0.1, 0.15) is 55.8 Å². The summed E-state index contributed by atoms with van der Waals surface area (Å²) in [5.74, 6) is -0.721. The van der Waals surface area contributed by atoms with Gasteiger partial charge in [0.25, 0.3) is 0 Å². The number of halogens is 3. The van der Waals surface area contributed by atoms with Crippen LogP contribution in [-0.4, -0.2) is 53.2 Å². The van der Waals surface area contributed by atoms with Gasteiger partial charge in [0.15, 0.2) is 6.10 Å². The molecule has 4 aromatic rings. The van der Waals surface area contributed by atoms with Gasteiger partial charge in [0.05, 0.1) is 35.8 Å². The number of ether oxygens (including phenoxy) is 1. The molecule has 5 rings (SSSR count). The molecule has 1 aliphatic carbocycles. The van der Waals surface area contributed by atoms with Gasteiger partial charge in [-0.2, -0.15) is 8.78 Å². The number of hydrogen-bond acceptors (Lipinski definition) is 7. The number of aromatic nitrogens is 6. The number of imidazole rings is 1. The summed E-state index contributed by atoms with van der Waals surface area (Å²) in [7, 11) is 0. The topological polar surface area (TPSA) is 120 Å². The number of nitrogens with zero attached hydrogens (tertiary/aromatic N) is 6. The minimum Gasteiger partial charge on any atom is -0.479 e. The standard InChI is InChI=1S/C27H28F3N7O3/c1-3-24(39)33-18-5-7-19(8-6-18)37-15(2)25(34-35-37)16-10-21-26(36(14-32-21)27(29)30)22(11-16)40-23(13-38)20-9-4-17(28)12-31-20/h3-4,9-12,14,18-19,23,27,38H,1,5-8,13H2,2H3,(H,33,39). The maximum atomic E-state index is 13.8. The van der Waals surface area contributed by atoms with Crippen molar-refractivity contribution in [2.24, 2.45) is 0 Å². The molecule has 1 amide bonds. The fourth-order valence-electron chi connectivity index (χ4n) is 5.11. The molecule has 40 heavy (non-hydrogen) atoms. The molecule has 210 valence electrons. The molecule has 2 N–H and O–H groups in total. The Balaban J connectivity index is 1.47. The van der Waals surface area contributed by atoms with E-state index in [0.717, 1.165) is 43.9 Å². The minimum absolute atomic E-state index is 0.0305. The van der Waals surface area contributed by atoms with Gasteiger partial charge in [-0.15, -0.1) is 5.10 Å². The second-order valence-electron chi connectivity index (χ2n) is 9.65. The van der Waals surface area contributed by atoms with Crippen molar-refractivity contribution in [1.29, 1.82) is 0 Å². The number of nitrogens with one attached hydrogen (secondary N) is 1. The van der Waals surface area contributed by atoms with E-state index in [9.17, 15) is 23.1 Å². The number of alkyl halides is 2. The number of hydrogen-bond donors (Lipinski definition) is 2. The van der Waals surface area contributed by atoms with E-state index in [0.29, 0.717) is 15.8 Å². The number of fused-ring (bicyclic) bond motifs is 1. The third-order valence-corrected chi connectivity index (χ3v) is 7.13. The van der Waals surface area contributed by atoms with E-state index in [1.54, 1.807) is 12.1 Å². The Morgan fingerprint density at radius 2 is 2.02 bits per heavy atom. The van der Waals surface area contributed by atoms with Crippen molar-refractivity contribution in [3.05, 3.63) is 66.6 Å². The first-order valence-corrected chi connectivity index (χ1v) is 12.8. The zero-order chi connectivity index (χ0) is 28.4. The SMILES string of the molecule is C=CC(=O)NC1CCC(n2nnc(-c3cc(OC(CO)c4ccc(F)cn4)c4c(c3)ncn4C(F)F)c2C)CC1. The van der Waals surface area contributed by atoms with E-state index in [-0.39, 0.29) is 40.5 Å². The van der Waals surface area contributed by atoms with Crippen LogP contribution in [0, 0.1) is 12.7 Å². The van der Waals surface area contributed by atoms with E-state index in [4.69, 9.17) is 4.74 Å². The van der Waals surface area contributed by atoms with Gasteiger partial charge in [-0.1, -0.05) is 11.8 Å². The Bertz CT molecular complexity index is 1510. The molecular weight excluding hydrogens is 527 g/mol. The summed E-state index contributed by atoms with van der Waals surface area (Å²) >= 11 is 0. The fourth-order valence-corrected chi connectivity index (χ4v) is 5.11. The van der Waals surface area contributed by atoms with Crippen LogP contribution in [0.5, 0.6) is 5.75 Å². The van der Waals surface area contributed by atoms with Crippen LogP contribution in [0.25, 0.3) is 22.3 Å². The average molecular weight is 556 g/mol. The van der Waals surface area contributed by atoms with Crippen molar-refractivity contribution in [1.82, 2.24) is 34.8 Å². The molecule has 1 saturated carbocycles. The summed E-state index contributed by atoms with van der Waals surface area (Å²) in [6.45, 7) is 1.95. The van der Waals surface area contributed by atoms with Crippen LogP contribution < -0.4 is 10.1 Å². The summed E-state index contributed by atoms with van der Waals surface area (Å²) in [5, 5.41) is 21.7. The first-order valence-electron chi connectivity index (χ1n) is 12.8. The van der Waals surface area contributed by atoms with Crippen LogP contribution >= 0.6 is 0 Å². The van der Waals surface area contributed by atoms with Crippen LogP contribution in [-0.2, 0) is 4.79 Å². The Labute approximate surface area is 227 Å². The third-order valence-electron chi connectivity index (χ3n) is 7.13. The Hall–Kier alpha value is -4.26. The van der Waals surface area contributed by atoms with Gasteiger partial charge >= 0.3 is 6.55 Å². The predicted octanol–water partition coefficient (Wildman–Crippen LogP) is 4.43. The van der Waals surface area contributed by atoms with Crippen LogP contribution in [0.3, 0.4) is 0 Å². The normalized spacial score (nSPS) is 18.1. The van der Waals surface area contributed by atoms with Gasteiger partial charge in [-0.25, -0.2) is 14.1 Å². The van der Waals surface area contributed by atoms with E-state index in [1.807, 2.05) is 11.6 Å². The average Bonchev–Trinajstić information content (AvgIpc) is 3.56. The molecule has 3 heterocycles. The molecule has 0 aliphatic heterocycles. The van der Waals surface area contributed by atoms with Gasteiger partial charge in [0.2, 0.25) is 5.91 Å². The smallest absolute Gasteiger partial charge is 0.320 e. The Kier molecular flexibility index (Phi) is 7.83. The molecule has 1 fully saturated rings. The Morgan fingerprint density at radius 1 is 1.25 bits per heavy atom. The molecule has 0 radical (unpaired) electrons. The lowest BCUT2D eigenvalue weighted by atomic mass is 9.91. The van der Waals surface area contributed by atoms with Gasteiger partial charge in [-0.3, -0.25) is 14.3 Å². The number of aliphatic hydroxyl groups is 1.